The number of sulfonamides is 1. The molecule has 1 aliphatic rings. The monoisotopic (exact) mass is 284 g/mol. The molecule has 0 saturated carbocycles. The summed E-state index contributed by atoms with van der Waals surface area (Å²) in [7, 11) is -1.53. The lowest BCUT2D eigenvalue weighted by atomic mass is 10.3. The molecule has 2 rings (SSSR count). The van der Waals surface area contributed by atoms with Gasteiger partial charge < -0.3 is 10.0 Å². The van der Waals surface area contributed by atoms with Gasteiger partial charge in [0.1, 0.15) is 5.75 Å². The molecule has 1 aromatic carbocycles. The van der Waals surface area contributed by atoms with Crippen LogP contribution in [0.25, 0.3) is 0 Å². The van der Waals surface area contributed by atoms with E-state index in [2.05, 4.69) is 4.90 Å². The Morgan fingerprint density at radius 2 is 2.05 bits per heavy atom. The number of hydrogen-bond donors (Lipinski definition) is 1. The molecule has 19 heavy (non-hydrogen) atoms. The summed E-state index contributed by atoms with van der Waals surface area (Å²) in [6, 6.07) is 5.78. The number of aromatic hydroxyl groups is 1. The van der Waals surface area contributed by atoms with Crippen LogP contribution in [-0.2, 0) is 10.0 Å². The Balaban J connectivity index is 2.33. The van der Waals surface area contributed by atoms with Gasteiger partial charge in [0.2, 0.25) is 10.0 Å². The molecule has 6 heteroatoms. The molecule has 1 aromatic rings. The minimum absolute atomic E-state index is 0.0272. The SMILES string of the molecule is CC1CN(C)CCCN1S(=O)(=O)c1cccc(O)c1. The van der Waals surface area contributed by atoms with Gasteiger partial charge in [-0.25, -0.2) is 8.42 Å². The van der Waals surface area contributed by atoms with E-state index in [0.29, 0.717) is 6.54 Å². The van der Waals surface area contributed by atoms with Crippen LogP contribution in [0.1, 0.15) is 13.3 Å². The Hall–Kier alpha value is -1.11. The third kappa shape index (κ3) is 3.08. The number of phenolic OH excluding ortho intramolecular Hbond substituents is 1. The lowest BCUT2D eigenvalue weighted by Gasteiger charge is -2.27. The summed E-state index contributed by atoms with van der Waals surface area (Å²) in [6.45, 7) is 4.06. The van der Waals surface area contributed by atoms with Crippen LogP contribution >= 0.6 is 0 Å². The molecule has 1 heterocycles. The Bertz CT molecular complexity index is 545. The number of phenols is 1. The summed E-state index contributed by atoms with van der Waals surface area (Å²) in [5.41, 5.74) is 0. The van der Waals surface area contributed by atoms with E-state index >= 15 is 0 Å². The fourth-order valence-electron chi connectivity index (χ4n) is 2.49. The summed E-state index contributed by atoms with van der Waals surface area (Å²) in [4.78, 5) is 2.30. The van der Waals surface area contributed by atoms with Crippen molar-refractivity contribution in [2.75, 3.05) is 26.7 Å². The molecular weight excluding hydrogens is 264 g/mol. The Morgan fingerprint density at radius 1 is 1.32 bits per heavy atom. The third-order valence-corrected chi connectivity index (χ3v) is 5.42. The van der Waals surface area contributed by atoms with Crippen molar-refractivity contribution in [3.05, 3.63) is 24.3 Å². The Kier molecular flexibility index (Phi) is 4.13. The highest BCUT2D eigenvalue weighted by atomic mass is 32.2. The first-order valence-electron chi connectivity index (χ1n) is 6.40. The molecule has 0 bridgehead atoms. The number of benzene rings is 1. The highest BCUT2D eigenvalue weighted by molar-refractivity contribution is 7.89. The highest BCUT2D eigenvalue weighted by Gasteiger charge is 2.31. The summed E-state index contributed by atoms with van der Waals surface area (Å²) >= 11 is 0. The van der Waals surface area contributed by atoms with Crippen LogP contribution in [0.2, 0.25) is 0 Å². The predicted molar refractivity (Wildman–Crippen MR) is 73.6 cm³/mol. The van der Waals surface area contributed by atoms with Crippen molar-refractivity contribution >= 4 is 10.0 Å². The maximum absolute atomic E-state index is 12.6. The largest absolute Gasteiger partial charge is 0.508 e. The number of nitrogens with zero attached hydrogens (tertiary/aromatic N) is 2. The molecule has 1 fully saturated rings. The van der Waals surface area contributed by atoms with Gasteiger partial charge in [0.05, 0.1) is 4.90 Å². The standard InChI is InChI=1S/C13H20N2O3S/c1-11-10-14(2)7-4-8-15(11)19(17,18)13-6-3-5-12(16)9-13/h3,5-6,9,11,16H,4,7-8,10H2,1-2H3. The van der Waals surface area contributed by atoms with Crippen LogP contribution < -0.4 is 0 Å². The third-order valence-electron chi connectivity index (χ3n) is 3.41. The summed E-state index contributed by atoms with van der Waals surface area (Å²) in [6.07, 6.45) is 0.818. The number of rotatable bonds is 2. The van der Waals surface area contributed by atoms with E-state index in [1.165, 1.54) is 22.5 Å². The average Bonchev–Trinajstić information content (AvgIpc) is 2.50. The highest BCUT2D eigenvalue weighted by Crippen LogP contribution is 2.23. The fourth-order valence-corrected chi connectivity index (χ4v) is 4.19. The van der Waals surface area contributed by atoms with E-state index in [4.69, 9.17) is 0 Å². The van der Waals surface area contributed by atoms with Crippen LogP contribution in [0.5, 0.6) is 5.75 Å². The first kappa shape index (κ1) is 14.3. The Labute approximate surface area is 114 Å². The van der Waals surface area contributed by atoms with Gasteiger partial charge in [-0.2, -0.15) is 4.31 Å². The van der Waals surface area contributed by atoms with E-state index < -0.39 is 10.0 Å². The molecule has 1 aliphatic heterocycles. The summed E-state index contributed by atoms with van der Waals surface area (Å²) in [5, 5.41) is 9.45. The van der Waals surface area contributed by atoms with Gasteiger partial charge in [0.15, 0.2) is 0 Å². The van der Waals surface area contributed by atoms with Crippen molar-refractivity contribution < 1.29 is 13.5 Å². The van der Waals surface area contributed by atoms with Gasteiger partial charge in [-0.15, -0.1) is 0 Å². The van der Waals surface area contributed by atoms with Crippen molar-refractivity contribution in [3.8, 4) is 5.75 Å². The molecule has 0 aromatic heterocycles. The van der Waals surface area contributed by atoms with Crippen molar-refractivity contribution in [2.24, 2.45) is 0 Å². The topological polar surface area (TPSA) is 60.9 Å². The van der Waals surface area contributed by atoms with Gasteiger partial charge in [-0.1, -0.05) is 6.07 Å². The fraction of sp³-hybridized carbons (Fsp3) is 0.538. The van der Waals surface area contributed by atoms with Crippen molar-refractivity contribution in [2.45, 2.75) is 24.3 Å². The van der Waals surface area contributed by atoms with Crippen LogP contribution in [0.4, 0.5) is 0 Å². The smallest absolute Gasteiger partial charge is 0.243 e. The van der Waals surface area contributed by atoms with Gasteiger partial charge in [-0.3, -0.25) is 0 Å². The maximum atomic E-state index is 12.6. The molecule has 1 atom stereocenters. The van der Waals surface area contributed by atoms with Crippen LogP contribution in [0.15, 0.2) is 29.2 Å². The van der Waals surface area contributed by atoms with Crippen LogP contribution in [0.3, 0.4) is 0 Å². The van der Waals surface area contributed by atoms with E-state index in [1.54, 1.807) is 6.07 Å². The van der Waals surface area contributed by atoms with E-state index in [9.17, 15) is 13.5 Å². The summed E-state index contributed by atoms with van der Waals surface area (Å²) in [5.74, 6) is -0.0272. The molecule has 0 amide bonds. The van der Waals surface area contributed by atoms with Crippen LogP contribution in [0, 0.1) is 0 Å². The molecule has 1 N–H and O–H groups in total. The summed E-state index contributed by atoms with van der Waals surface area (Å²) < 4.78 is 26.7. The molecule has 0 spiro atoms. The zero-order valence-electron chi connectivity index (χ0n) is 11.3. The van der Waals surface area contributed by atoms with Crippen molar-refractivity contribution in [1.82, 2.24) is 9.21 Å². The minimum atomic E-state index is -3.53. The minimum Gasteiger partial charge on any atom is -0.508 e. The molecular formula is C13H20N2O3S. The first-order valence-corrected chi connectivity index (χ1v) is 7.84. The van der Waals surface area contributed by atoms with Gasteiger partial charge in [0.25, 0.3) is 0 Å². The van der Waals surface area contributed by atoms with Crippen molar-refractivity contribution in [3.63, 3.8) is 0 Å². The molecule has 0 aliphatic carbocycles. The average molecular weight is 284 g/mol. The van der Waals surface area contributed by atoms with Gasteiger partial charge in [0, 0.05) is 19.1 Å². The van der Waals surface area contributed by atoms with E-state index in [1.807, 2.05) is 14.0 Å². The van der Waals surface area contributed by atoms with Crippen LogP contribution in [-0.4, -0.2) is 55.5 Å². The normalized spacial score (nSPS) is 23.2. The van der Waals surface area contributed by atoms with Crippen molar-refractivity contribution in [1.29, 1.82) is 0 Å². The quantitative estimate of drug-likeness (QED) is 0.883. The maximum Gasteiger partial charge on any atom is 0.243 e. The second-order valence-corrected chi connectivity index (χ2v) is 6.97. The van der Waals surface area contributed by atoms with E-state index in [0.717, 1.165) is 19.5 Å². The zero-order valence-corrected chi connectivity index (χ0v) is 12.1. The molecule has 1 unspecified atom stereocenters. The second kappa shape index (κ2) is 5.48. The van der Waals surface area contributed by atoms with Gasteiger partial charge in [-0.05, 0) is 45.1 Å². The second-order valence-electron chi connectivity index (χ2n) is 5.08. The molecule has 5 nitrogen and oxygen atoms in total. The molecule has 106 valence electrons. The van der Waals surface area contributed by atoms with E-state index in [-0.39, 0.29) is 16.7 Å². The molecule has 1 saturated heterocycles. The Morgan fingerprint density at radius 3 is 2.74 bits per heavy atom. The number of likely N-dealkylation sites (N-methyl/N-ethyl adjacent to an activating group) is 1. The molecule has 0 radical (unpaired) electrons. The zero-order chi connectivity index (χ0) is 14.0. The van der Waals surface area contributed by atoms with Gasteiger partial charge >= 0.3 is 0 Å². The lowest BCUT2D eigenvalue weighted by molar-refractivity contribution is 0.290. The first-order chi connectivity index (χ1) is 8.91. The lowest BCUT2D eigenvalue weighted by Crippen LogP contribution is -2.41. The predicted octanol–water partition coefficient (Wildman–Crippen LogP) is 1.11. The number of hydrogen-bond acceptors (Lipinski definition) is 4.